The third-order valence-corrected chi connectivity index (χ3v) is 3.23. The monoisotopic (exact) mass is 218 g/mol. The van der Waals surface area contributed by atoms with Crippen molar-refractivity contribution in [2.75, 3.05) is 0 Å². The van der Waals surface area contributed by atoms with Gasteiger partial charge in [0, 0.05) is 5.92 Å². The van der Waals surface area contributed by atoms with Crippen LogP contribution in [0.25, 0.3) is 0 Å². The van der Waals surface area contributed by atoms with Gasteiger partial charge in [0.1, 0.15) is 0 Å². The lowest BCUT2D eigenvalue weighted by Crippen LogP contribution is -2.30. The summed E-state index contributed by atoms with van der Waals surface area (Å²) in [6, 6.07) is 9.84. The van der Waals surface area contributed by atoms with Gasteiger partial charge in [-0.2, -0.15) is 0 Å². The first-order chi connectivity index (χ1) is 7.62. The molecule has 0 aliphatic rings. The number of hydrogen-bond acceptors (Lipinski definition) is 1. The molecule has 1 nitrogen and oxygen atoms in total. The molecule has 1 heteroatoms. The van der Waals surface area contributed by atoms with Crippen LogP contribution in [0, 0.1) is 5.92 Å². The third-order valence-electron chi connectivity index (χ3n) is 3.23. The highest BCUT2D eigenvalue weighted by atomic mass is 16.3. The first-order valence-corrected chi connectivity index (χ1v) is 6.03. The first kappa shape index (κ1) is 13.0. The van der Waals surface area contributed by atoms with Crippen LogP contribution in [0.15, 0.2) is 43.0 Å². The summed E-state index contributed by atoms with van der Waals surface area (Å²) < 4.78 is 0. The molecule has 0 amide bonds. The number of rotatable bonds is 6. The maximum atomic E-state index is 10.6. The summed E-state index contributed by atoms with van der Waals surface area (Å²) in [6.07, 6.45) is 5.14. The van der Waals surface area contributed by atoms with Gasteiger partial charge in [-0.3, -0.25) is 0 Å². The summed E-state index contributed by atoms with van der Waals surface area (Å²) >= 11 is 0. The van der Waals surface area contributed by atoms with Gasteiger partial charge in [-0.25, -0.2) is 0 Å². The molecule has 1 aromatic carbocycles. The van der Waals surface area contributed by atoms with Crippen LogP contribution < -0.4 is 0 Å². The van der Waals surface area contributed by atoms with Crippen molar-refractivity contribution in [3.05, 3.63) is 48.6 Å². The summed E-state index contributed by atoms with van der Waals surface area (Å²) in [5, 5.41) is 10.6. The standard InChI is InChI=1S/C15H22O/c1-4-6-10-13(5-2)15(3,16)14-11-8-7-9-12-14/h5,7-9,11-13,16H,2,4,6,10H2,1,3H3/t13-,15+/m0/s1. The normalized spacial score (nSPS) is 16.4. The highest BCUT2D eigenvalue weighted by Gasteiger charge is 2.30. The fourth-order valence-corrected chi connectivity index (χ4v) is 2.04. The van der Waals surface area contributed by atoms with Crippen LogP contribution in [0.1, 0.15) is 38.7 Å². The molecule has 16 heavy (non-hydrogen) atoms. The van der Waals surface area contributed by atoms with E-state index in [1.54, 1.807) is 0 Å². The van der Waals surface area contributed by atoms with Crippen molar-refractivity contribution in [2.45, 2.75) is 38.7 Å². The third kappa shape index (κ3) is 2.96. The number of hydrogen-bond donors (Lipinski definition) is 1. The molecular formula is C15H22O. The van der Waals surface area contributed by atoms with Crippen molar-refractivity contribution < 1.29 is 5.11 Å². The Morgan fingerprint density at radius 2 is 2.00 bits per heavy atom. The molecule has 0 saturated heterocycles. The van der Waals surface area contributed by atoms with Crippen molar-refractivity contribution in [2.24, 2.45) is 5.92 Å². The minimum atomic E-state index is -0.807. The molecule has 0 bridgehead atoms. The molecule has 0 aliphatic heterocycles. The molecule has 2 atom stereocenters. The zero-order valence-corrected chi connectivity index (χ0v) is 10.3. The molecule has 0 fully saturated rings. The van der Waals surface area contributed by atoms with Crippen LogP contribution in [0.2, 0.25) is 0 Å². The minimum absolute atomic E-state index is 0.120. The molecule has 0 saturated carbocycles. The average Bonchev–Trinajstić information content (AvgIpc) is 2.31. The predicted octanol–water partition coefficient (Wildman–Crippen LogP) is 3.89. The van der Waals surface area contributed by atoms with Crippen LogP contribution in [-0.4, -0.2) is 5.11 Å². The maximum Gasteiger partial charge on any atom is 0.0930 e. The first-order valence-electron chi connectivity index (χ1n) is 6.03. The molecule has 1 N–H and O–H groups in total. The lowest BCUT2D eigenvalue weighted by Gasteiger charge is -2.31. The van der Waals surface area contributed by atoms with Crippen molar-refractivity contribution in [3.8, 4) is 0 Å². The Kier molecular flexibility index (Phi) is 4.75. The van der Waals surface area contributed by atoms with E-state index in [4.69, 9.17) is 0 Å². The predicted molar refractivity (Wildman–Crippen MR) is 69.2 cm³/mol. The van der Waals surface area contributed by atoms with E-state index in [1.165, 1.54) is 0 Å². The van der Waals surface area contributed by atoms with Gasteiger partial charge in [-0.1, -0.05) is 56.2 Å². The maximum absolute atomic E-state index is 10.6. The Labute approximate surface area is 98.8 Å². The molecule has 1 aromatic rings. The minimum Gasteiger partial charge on any atom is -0.385 e. The molecule has 0 radical (unpaired) electrons. The van der Waals surface area contributed by atoms with Crippen molar-refractivity contribution in [1.82, 2.24) is 0 Å². The van der Waals surface area contributed by atoms with Crippen molar-refractivity contribution in [3.63, 3.8) is 0 Å². The zero-order valence-electron chi connectivity index (χ0n) is 10.3. The zero-order chi connectivity index (χ0) is 12.0. The van der Waals surface area contributed by atoms with Gasteiger partial charge >= 0.3 is 0 Å². The smallest absolute Gasteiger partial charge is 0.0930 e. The summed E-state index contributed by atoms with van der Waals surface area (Å²) in [7, 11) is 0. The van der Waals surface area contributed by atoms with Gasteiger partial charge in [0.15, 0.2) is 0 Å². The molecule has 88 valence electrons. The second-order valence-corrected chi connectivity index (χ2v) is 4.50. The number of unbranched alkanes of at least 4 members (excludes halogenated alkanes) is 1. The van der Waals surface area contributed by atoms with Crippen LogP contribution in [0.4, 0.5) is 0 Å². The van der Waals surface area contributed by atoms with Crippen molar-refractivity contribution >= 4 is 0 Å². The Balaban J connectivity index is 2.85. The van der Waals surface area contributed by atoms with E-state index in [-0.39, 0.29) is 5.92 Å². The van der Waals surface area contributed by atoms with E-state index in [0.717, 1.165) is 24.8 Å². The average molecular weight is 218 g/mol. The van der Waals surface area contributed by atoms with Gasteiger partial charge < -0.3 is 5.11 Å². The Morgan fingerprint density at radius 1 is 1.38 bits per heavy atom. The Bertz CT molecular complexity index is 313. The quantitative estimate of drug-likeness (QED) is 0.718. The van der Waals surface area contributed by atoms with E-state index in [9.17, 15) is 5.11 Å². The number of aliphatic hydroxyl groups is 1. The fraction of sp³-hybridized carbons (Fsp3) is 0.467. The largest absolute Gasteiger partial charge is 0.385 e. The molecular weight excluding hydrogens is 196 g/mol. The van der Waals surface area contributed by atoms with Crippen molar-refractivity contribution in [1.29, 1.82) is 0 Å². The molecule has 0 unspecified atom stereocenters. The molecule has 0 aliphatic carbocycles. The van der Waals surface area contributed by atoms with Gasteiger partial charge in [0.25, 0.3) is 0 Å². The van der Waals surface area contributed by atoms with E-state index >= 15 is 0 Å². The van der Waals surface area contributed by atoms with Gasteiger partial charge in [0.05, 0.1) is 5.60 Å². The van der Waals surface area contributed by atoms with Gasteiger partial charge in [0.2, 0.25) is 0 Å². The SMILES string of the molecule is C=C[C@@H](CCCC)[C@@](C)(O)c1ccccc1. The summed E-state index contributed by atoms with van der Waals surface area (Å²) in [4.78, 5) is 0. The topological polar surface area (TPSA) is 20.2 Å². The Hall–Kier alpha value is -1.08. The van der Waals surface area contributed by atoms with Crippen LogP contribution in [-0.2, 0) is 5.60 Å². The molecule has 0 aromatic heterocycles. The van der Waals surface area contributed by atoms with E-state index < -0.39 is 5.60 Å². The second kappa shape index (κ2) is 5.86. The van der Waals surface area contributed by atoms with E-state index in [0.29, 0.717) is 0 Å². The van der Waals surface area contributed by atoms with Gasteiger partial charge in [-0.05, 0) is 18.9 Å². The summed E-state index contributed by atoms with van der Waals surface area (Å²) in [5.74, 6) is 0.120. The Morgan fingerprint density at radius 3 is 2.50 bits per heavy atom. The highest BCUT2D eigenvalue weighted by molar-refractivity contribution is 5.23. The fourth-order valence-electron chi connectivity index (χ4n) is 2.04. The van der Waals surface area contributed by atoms with E-state index in [1.807, 2.05) is 43.3 Å². The van der Waals surface area contributed by atoms with E-state index in [2.05, 4.69) is 13.5 Å². The lowest BCUT2D eigenvalue weighted by molar-refractivity contribution is 0.00962. The lowest BCUT2D eigenvalue weighted by atomic mass is 9.80. The molecule has 0 spiro atoms. The van der Waals surface area contributed by atoms with Crippen LogP contribution >= 0.6 is 0 Å². The highest BCUT2D eigenvalue weighted by Crippen LogP contribution is 2.33. The summed E-state index contributed by atoms with van der Waals surface area (Å²) in [5.41, 5.74) is 0.161. The molecule has 1 rings (SSSR count). The number of benzene rings is 1. The summed E-state index contributed by atoms with van der Waals surface area (Å²) in [6.45, 7) is 7.89. The second-order valence-electron chi connectivity index (χ2n) is 4.50. The van der Waals surface area contributed by atoms with Crippen LogP contribution in [0.5, 0.6) is 0 Å². The van der Waals surface area contributed by atoms with Gasteiger partial charge in [-0.15, -0.1) is 6.58 Å². The molecule has 0 heterocycles. The van der Waals surface area contributed by atoms with Crippen LogP contribution in [0.3, 0.4) is 0 Å².